The van der Waals surface area contributed by atoms with Crippen molar-refractivity contribution in [3.05, 3.63) is 48.3 Å². The number of aromatic nitrogens is 6. The molecule has 152 valence electrons. The normalized spacial score (nSPS) is 11.1. The van der Waals surface area contributed by atoms with Gasteiger partial charge in [-0.25, -0.2) is 38.1 Å². The molecule has 0 radical (unpaired) electrons. The van der Waals surface area contributed by atoms with Gasteiger partial charge in [0.1, 0.15) is 22.7 Å². The Bertz CT molecular complexity index is 1240. The molecule has 0 saturated heterocycles. The summed E-state index contributed by atoms with van der Waals surface area (Å²) in [5.74, 6) is -0.778. The molecule has 0 atom stereocenters. The van der Waals surface area contributed by atoms with E-state index in [1.54, 1.807) is 0 Å². The lowest BCUT2D eigenvalue weighted by molar-refractivity contribution is -0.114. The van der Waals surface area contributed by atoms with E-state index in [4.69, 9.17) is 0 Å². The molecule has 4 aromatic rings. The van der Waals surface area contributed by atoms with Crippen molar-refractivity contribution in [3.63, 3.8) is 0 Å². The molecule has 0 aromatic carbocycles. The molecule has 4 aromatic heterocycles. The second-order valence-electron chi connectivity index (χ2n) is 6.10. The molecule has 3 N–H and O–H groups in total. The van der Waals surface area contributed by atoms with Gasteiger partial charge in [-0.05, 0) is 12.1 Å². The number of imidazole rings is 1. The molecule has 9 nitrogen and oxygen atoms in total. The van der Waals surface area contributed by atoms with Gasteiger partial charge in [0.25, 0.3) is 6.43 Å². The zero-order chi connectivity index (χ0) is 21.3. The lowest BCUT2D eigenvalue weighted by atomic mass is 10.3. The van der Waals surface area contributed by atoms with Crippen LogP contribution in [0.15, 0.2) is 36.8 Å². The number of aromatic amines is 1. The van der Waals surface area contributed by atoms with Crippen LogP contribution in [0.4, 0.5) is 30.5 Å². The van der Waals surface area contributed by atoms with E-state index in [0.717, 1.165) is 6.20 Å². The Kier molecular flexibility index (Phi) is 4.96. The zero-order valence-electron chi connectivity index (χ0n) is 15.3. The highest BCUT2D eigenvalue weighted by Crippen LogP contribution is 2.27. The predicted octanol–water partition coefficient (Wildman–Crippen LogP) is 3.59. The van der Waals surface area contributed by atoms with Crippen LogP contribution in [0, 0.1) is 5.82 Å². The number of anilines is 3. The maximum absolute atomic E-state index is 14.3. The number of alkyl halides is 2. The molecule has 12 heteroatoms. The van der Waals surface area contributed by atoms with E-state index in [0.29, 0.717) is 5.52 Å². The molecule has 30 heavy (non-hydrogen) atoms. The van der Waals surface area contributed by atoms with Gasteiger partial charge in [0, 0.05) is 13.0 Å². The van der Waals surface area contributed by atoms with Crippen LogP contribution < -0.4 is 10.6 Å². The Morgan fingerprint density at radius 1 is 1.17 bits per heavy atom. The summed E-state index contributed by atoms with van der Waals surface area (Å²) in [6.07, 6.45) is -0.453. The predicted molar refractivity (Wildman–Crippen MR) is 102 cm³/mol. The molecule has 0 fully saturated rings. The van der Waals surface area contributed by atoms with Gasteiger partial charge in [0.15, 0.2) is 23.1 Å². The molecule has 0 aliphatic rings. The topological polar surface area (TPSA) is 121 Å². The lowest BCUT2D eigenvalue weighted by Crippen LogP contribution is -2.08. The van der Waals surface area contributed by atoms with Gasteiger partial charge in [-0.2, -0.15) is 0 Å². The van der Waals surface area contributed by atoms with E-state index in [-0.39, 0.29) is 40.4 Å². The van der Waals surface area contributed by atoms with Crippen molar-refractivity contribution in [2.75, 3.05) is 10.6 Å². The van der Waals surface area contributed by atoms with Crippen LogP contribution in [0.5, 0.6) is 0 Å². The second kappa shape index (κ2) is 7.73. The van der Waals surface area contributed by atoms with Crippen LogP contribution in [-0.2, 0) is 4.79 Å². The molecular formula is C18H13F3N8O. The number of nitrogens with zero attached hydrogens (tertiary/aromatic N) is 5. The first-order chi connectivity index (χ1) is 14.4. The van der Waals surface area contributed by atoms with Crippen LogP contribution >= 0.6 is 0 Å². The zero-order valence-corrected chi connectivity index (χ0v) is 15.3. The minimum Gasteiger partial charge on any atom is -0.340 e. The summed E-state index contributed by atoms with van der Waals surface area (Å²) in [6, 6.07) is 5.37. The Morgan fingerprint density at radius 3 is 2.77 bits per heavy atom. The minimum absolute atomic E-state index is 0.0242. The van der Waals surface area contributed by atoms with Gasteiger partial charge in [-0.1, -0.05) is 6.07 Å². The molecule has 0 saturated carbocycles. The fourth-order valence-electron chi connectivity index (χ4n) is 2.65. The molecule has 4 heterocycles. The van der Waals surface area contributed by atoms with Crippen LogP contribution in [0.2, 0.25) is 0 Å². The smallest absolute Gasteiger partial charge is 0.280 e. The Morgan fingerprint density at radius 2 is 2.00 bits per heavy atom. The highest BCUT2D eigenvalue weighted by Gasteiger charge is 2.16. The number of fused-ring (bicyclic) bond motifs is 1. The van der Waals surface area contributed by atoms with E-state index in [9.17, 15) is 18.0 Å². The van der Waals surface area contributed by atoms with Gasteiger partial charge in [-0.15, -0.1) is 0 Å². The van der Waals surface area contributed by atoms with Crippen LogP contribution in [0.1, 0.15) is 19.0 Å². The third kappa shape index (κ3) is 3.87. The van der Waals surface area contributed by atoms with E-state index < -0.39 is 17.9 Å². The summed E-state index contributed by atoms with van der Waals surface area (Å²) < 4.78 is 40.3. The SMILES string of the molecule is CC(=O)Nc1cc(Nc2nc(-c3cccc(C(F)F)n3)nc3nc[nH]c23)c(F)cn1. The molecule has 0 spiro atoms. The summed E-state index contributed by atoms with van der Waals surface area (Å²) in [5.41, 5.74) is 0.246. The Hall–Kier alpha value is -4.09. The minimum atomic E-state index is -2.75. The first kappa shape index (κ1) is 19.2. The van der Waals surface area contributed by atoms with Crippen molar-refractivity contribution in [2.24, 2.45) is 0 Å². The summed E-state index contributed by atoms with van der Waals surface area (Å²) in [6.45, 7) is 1.30. The average molecular weight is 414 g/mol. The van der Waals surface area contributed by atoms with Crippen molar-refractivity contribution in [1.29, 1.82) is 0 Å². The molecule has 0 aliphatic carbocycles. The van der Waals surface area contributed by atoms with Gasteiger partial charge in [0.05, 0.1) is 18.2 Å². The lowest BCUT2D eigenvalue weighted by Gasteiger charge is -2.11. The average Bonchev–Trinajstić information content (AvgIpc) is 3.19. The van der Waals surface area contributed by atoms with Crippen molar-refractivity contribution in [1.82, 2.24) is 29.9 Å². The first-order valence-corrected chi connectivity index (χ1v) is 8.57. The number of halogens is 3. The molecule has 0 unspecified atom stereocenters. The second-order valence-corrected chi connectivity index (χ2v) is 6.10. The molecular weight excluding hydrogens is 401 g/mol. The summed E-state index contributed by atoms with van der Waals surface area (Å²) in [4.78, 5) is 34.3. The Balaban J connectivity index is 1.78. The maximum atomic E-state index is 14.3. The van der Waals surface area contributed by atoms with Crippen molar-refractivity contribution >= 4 is 34.4 Å². The monoisotopic (exact) mass is 414 g/mol. The molecule has 0 bridgehead atoms. The number of nitrogens with one attached hydrogen (secondary N) is 3. The third-order valence-electron chi connectivity index (χ3n) is 3.92. The highest BCUT2D eigenvalue weighted by molar-refractivity contribution is 5.89. The fourth-order valence-corrected chi connectivity index (χ4v) is 2.65. The number of H-pyrrole nitrogens is 1. The van der Waals surface area contributed by atoms with E-state index in [1.807, 2.05) is 0 Å². The highest BCUT2D eigenvalue weighted by atomic mass is 19.3. The quantitative estimate of drug-likeness (QED) is 0.456. The summed E-state index contributed by atoms with van der Waals surface area (Å²) in [7, 11) is 0. The number of hydrogen-bond acceptors (Lipinski definition) is 7. The molecule has 4 rings (SSSR count). The number of carbonyl (C=O) groups excluding carboxylic acids is 1. The van der Waals surface area contributed by atoms with Gasteiger partial charge in [0.2, 0.25) is 5.91 Å². The van der Waals surface area contributed by atoms with E-state index in [2.05, 4.69) is 40.5 Å². The van der Waals surface area contributed by atoms with Gasteiger partial charge >= 0.3 is 0 Å². The third-order valence-corrected chi connectivity index (χ3v) is 3.92. The number of amides is 1. The van der Waals surface area contributed by atoms with Gasteiger partial charge in [-0.3, -0.25) is 4.79 Å². The Labute approximate surface area is 166 Å². The molecule has 1 amide bonds. The first-order valence-electron chi connectivity index (χ1n) is 8.57. The van der Waals surface area contributed by atoms with E-state index >= 15 is 0 Å². The number of carbonyl (C=O) groups is 1. The standard InChI is InChI=1S/C18H13F3N8O/c1-8(30)25-13-5-12(9(19)6-22-13)27-18-14-17(24-7-23-14)28-16(29-18)11-4-2-3-10(26-11)15(20)21/h2-7,15H,1H3,(H3,22,23,24,25,27,28,29,30). The summed E-state index contributed by atoms with van der Waals surface area (Å²) >= 11 is 0. The molecule has 0 aliphatic heterocycles. The van der Waals surface area contributed by atoms with Crippen LogP contribution in [0.25, 0.3) is 22.7 Å². The summed E-state index contributed by atoms with van der Waals surface area (Å²) in [5, 5.41) is 5.25. The number of rotatable bonds is 5. The largest absolute Gasteiger partial charge is 0.340 e. The maximum Gasteiger partial charge on any atom is 0.280 e. The fraction of sp³-hybridized carbons (Fsp3) is 0.111. The van der Waals surface area contributed by atoms with E-state index in [1.165, 1.54) is 37.5 Å². The van der Waals surface area contributed by atoms with Gasteiger partial charge < -0.3 is 15.6 Å². The number of pyridine rings is 2. The van der Waals surface area contributed by atoms with Crippen LogP contribution in [-0.4, -0.2) is 35.8 Å². The van der Waals surface area contributed by atoms with Crippen molar-refractivity contribution in [3.8, 4) is 11.5 Å². The van der Waals surface area contributed by atoms with Crippen molar-refractivity contribution in [2.45, 2.75) is 13.3 Å². The van der Waals surface area contributed by atoms with Crippen molar-refractivity contribution < 1.29 is 18.0 Å². The number of hydrogen-bond donors (Lipinski definition) is 3. The van der Waals surface area contributed by atoms with Crippen LogP contribution in [0.3, 0.4) is 0 Å².